The summed E-state index contributed by atoms with van der Waals surface area (Å²) >= 11 is 0. The Hall–Kier alpha value is -1.06. The Balaban J connectivity index is 2.95. The van der Waals surface area contributed by atoms with E-state index in [2.05, 4.69) is 0 Å². The molecule has 84 valence electrons. The van der Waals surface area contributed by atoms with Gasteiger partial charge < -0.3 is 15.1 Å². The Morgan fingerprint density at radius 1 is 1.33 bits per heavy atom. The highest BCUT2D eigenvalue weighted by Gasteiger charge is 2.10. The summed E-state index contributed by atoms with van der Waals surface area (Å²) in [6.07, 6.45) is 0. The van der Waals surface area contributed by atoms with Gasteiger partial charge in [0.15, 0.2) is 0 Å². The van der Waals surface area contributed by atoms with Gasteiger partial charge in [-0.3, -0.25) is 0 Å². The highest BCUT2D eigenvalue weighted by molar-refractivity contribution is 5.54. The van der Waals surface area contributed by atoms with Gasteiger partial charge in [0, 0.05) is 18.8 Å². The molecular weight excluding hydrogens is 190 g/mol. The van der Waals surface area contributed by atoms with Crippen LogP contribution in [0, 0.1) is 6.92 Å². The zero-order valence-electron chi connectivity index (χ0n) is 9.57. The molecule has 2 N–H and O–H groups in total. The van der Waals surface area contributed by atoms with Crippen molar-refractivity contribution in [2.75, 3.05) is 18.6 Å². The average Bonchev–Trinajstić information content (AvgIpc) is 2.26. The molecule has 1 aromatic carbocycles. The van der Waals surface area contributed by atoms with Crippen LogP contribution in [0.2, 0.25) is 0 Å². The number of likely N-dealkylation sites (N-methyl/N-ethyl adjacent to an activating group) is 1. The summed E-state index contributed by atoms with van der Waals surface area (Å²) in [6, 6.07) is 5.95. The third-order valence-corrected chi connectivity index (χ3v) is 2.75. The molecule has 0 bridgehead atoms. The van der Waals surface area contributed by atoms with Crippen LogP contribution in [0.1, 0.15) is 18.1 Å². The van der Waals surface area contributed by atoms with Gasteiger partial charge in [0.25, 0.3) is 0 Å². The molecule has 3 nitrogen and oxygen atoms in total. The number of benzene rings is 1. The van der Waals surface area contributed by atoms with Gasteiger partial charge in [0.1, 0.15) is 0 Å². The van der Waals surface area contributed by atoms with Gasteiger partial charge in [0.2, 0.25) is 0 Å². The molecule has 0 fully saturated rings. The van der Waals surface area contributed by atoms with E-state index >= 15 is 0 Å². The Bertz CT molecular complexity index is 325. The highest BCUT2D eigenvalue weighted by Crippen LogP contribution is 2.21. The minimum absolute atomic E-state index is 0.0698. The second kappa shape index (κ2) is 5.14. The molecular formula is C12H19NO2. The third-order valence-electron chi connectivity index (χ3n) is 2.75. The number of nitrogens with zero attached hydrogens (tertiary/aromatic N) is 1. The van der Waals surface area contributed by atoms with Crippen LogP contribution < -0.4 is 4.90 Å². The molecule has 0 aliphatic carbocycles. The van der Waals surface area contributed by atoms with Crippen molar-refractivity contribution in [2.45, 2.75) is 26.5 Å². The predicted octanol–water partition coefficient (Wildman–Crippen LogP) is 1.30. The Kier molecular flexibility index (Phi) is 4.12. The van der Waals surface area contributed by atoms with Gasteiger partial charge in [-0.25, -0.2) is 0 Å². The smallest absolute Gasteiger partial charge is 0.0681 e. The van der Waals surface area contributed by atoms with Crippen LogP contribution in [0.3, 0.4) is 0 Å². The third kappa shape index (κ3) is 2.70. The summed E-state index contributed by atoms with van der Waals surface area (Å²) in [5.41, 5.74) is 3.12. The fourth-order valence-electron chi connectivity index (χ4n) is 1.57. The van der Waals surface area contributed by atoms with E-state index in [1.54, 1.807) is 0 Å². The van der Waals surface area contributed by atoms with Crippen molar-refractivity contribution in [1.82, 2.24) is 0 Å². The zero-order valence-corrected chi connectivity index (χ0v) is 9.57. The standard InChI is InChI=1S/C12H19NO2/c1-9-6-11(8-15)4-5-12(9)13(3)10(2)7-14/h4-6,10,14-15H,7-8H2,1-3H3. The number of aliphatic hydroxyl groups is 2. The van der Waals surface area contributed by atoms with E-state index in [-0.39, 0.29) is 19.3 Å². The van der Waals surface area contributed by atoms with E-state index in [1.165, 1.54) is 0 Å². The molecule has 0 aliphatic heterocycles. The van der Waals surface area contributed by atoms with Gasteiger partial charge in [0.05, 0.1) is 13.2 Å². The normalized spacial score (nSPS) is 12.6. The second-order valence-electron chi connectivity index (χ2n) is 3.92. The SMILES string of the molecule is Cc1cc(CO)ccc1N(C)C(C)CO. The minimum atomic E-state index is 0.0698. The second-order valence-corrected chi connectivity index (χ2v) is 3.92. The lowest BCUT2D eigenvalue weighted by Gasteiger charge is -2.27. The quantitative estimate of drug-likeness (QED) is 0.785. The molecule has 15 heavy (non-hydrogen) atoms. The minimum Gasteiger partial charge on any atom is -0.394 e. The monoisotopic (exact) mass is 209 g/mol. The predicted molar refractivity (Wildman–Crippen MR) is 62.1 cm³/mol. The van der Waals surface area contributed by atoms with Gasteiger partial charge in [-0.2, -0.15) is 0 Å². The van der Waals surface area contributed by atoms with E-state index < -0.39 is 0 Å². The molecule has 0 saturated carbocycles. The highest BCUT2D eigenvalue weighted by atomic mass is 16.3. The van der Waals surface area contributed by atoms with Gasteiger partial charge in [-0.05, 0) is 31.0 Å². The van der Waals surface area contributed by atoms with Crippen molar-refractivity contribution < 1.29 is 10.2 Å². The summed E-state index contributed by atoms with van der Waals surface area (Å²) in [4.78, 5) is 2.04. The summed E-state index contributed by atoms with van der Waals surface area (Å²) in [6.45, 7) is 4.19. The van der Waals surface area contributed by atoms with Crippen LogP contribution in [0.4, 0.5) is 5.69 Å². The maximum atomic E-state index is 9.08. The van der Waals surface area contributed by atoms with Crippen LogP contribution in [-0.2, 0) is 6.61 Å². The first-order chi connectivity index (χ1) is 7.10. The Morgan fingerprint density at radius 2 is 2.00 bits per heavy atom. The van der Waals surface area contributed by atoms with E-state index in [1.807, 2.05) is 44.0 Å². The summed E-state index contributed by atoms with van der Waals surface area (Å²) in [5, 5.41) is 18.1. The topological polar surface area (TPSA) is 43.7 Å². The molecule has 0 saturated heterocycles. The average molecular weight is 209 g/mol. The molecule has 0 aromatic heterocycles. The molecule has 1 atom stereocenters. The fraction of sp³-hybridized carbons (Fsp3) is 0.500. The lowest BCUT2D eigenvalue weighted by atomic mass is 10.1. The van der Waals surface area contributed by atoms with Crippen molar-refractivity contribution in [2.24, 2.45) is 0 Å². The first-order valence-electron chi connectivity index (χ1n) is 5.14. The van der Waals surface area contributed by atoms with Crippen LogP contribution in [0.25, 0.3) is 0 Å². The number of hydrogen-bond donors (Lipinski definition) is 2. The summed E-state index contributed by atoms with van der Waals surface area (Å²) < 4.78 is 0. The molecule has 0 aliphatic rings. The number of anilines is 1. The molecule has 0 heterocycles. The van der Waals surface area contributed by atoms with Crippen LogP contribution in [0.15, 0.2) is 18.2 Å². The molecule has 0 radical (unpaired) electrons. The van der Waals surface area contributed by atoms with Crippen molar-refractivity contribution in [3.63, 3.8) is 0 Å². The molecule has 1 unspecified atom stereocenters. The van der Waals surface area contributed by atoms with Crippen molar-refractivity contribution in [3.8, 4) is 0 Å². The van der Waals surface area contributed by atoms with Crippen molar-refractivity contribution >= 4 is 5.69 Å². The van der Waals surface area contributed by atoms with E-state index in [0.29, 0.717) is 0 Å². The number of hydrogen-bond acceptors (Lipinski definition) is 3. The lowest BCUT2D eigenvalue weighted by molar-refractivity contribution is 0.270. The number of aliphatic hydroxyl groups excluding tert-OH is 2. The van der Waals surface area contributed by atoms with E-state index in [4.69, 9.17) is 10.2 Å². The Labute approximate surface area is 91.0 Å². The van der Waals surface area contributed by atoms with E-state index in [9.17, 15) is 0 Å². The number of rotatable bonds is 4. The van der Waals surface area contributed by atoms with Gasteiger partial charge in [-0.15, -0.1) is 0 Å². The van der Waals surface area contributed by atoms with Crippen molar-refractivity contribution in [3.05, 3.63) is 29.3 Å². The fourth-order valence-corrected chi connectivity index (χ4v) is 1.57. The molecule has 1 rings (SSSR count). The first-order valence-corrected chi connectivity index (χ1v) is 5.14. The van der Waals surface area contributed by atoms with Crippen LogP contribution in [0.5, 0.6) is 0 Å². The molecule has 3 heteroatoms. The lowest BCUT2D eigenvalue weighted by Crippen LogP contribution is -2.32. The number of aryl methyl sites for hydroxylation is 1. The van der Waals surface area contributed by atoms with E-state index in [0.717, 1.165) is 16.8 Å². The zero-order chi connectivity index (χ0) is 11.4. The maximum absolute atomic E-state index is 9.08. The largest absolute Gasteiger partial charge is 0.394 e. The van der Waals surface area contributed by atoms with Gasteiger partial charge >= 0.3 is 0 Å². The Morgan fingerprint density at radius 3 is 2.47 bits per heavy atom. The van der Waals surface area contributed by atoms with Crippen LogP contribution in [-0.4, -0.2) is 29.9 Å². The first kappa shape index (κ1) is 12.0. The maximum Gasteiger partial charge on any atom is 0.0681 e. The summed E-state index contributed by atoms with van der Waals surface area (Å²) in [5.74, 6) is 0. The van der Waals surface area contributed by atoms with Crippen molar-refractivity contribution in [1.29, 1.82) is 0 Å². The molecule has 1 aromatic rings. The summed E-state index contributed by atoms with van der Waals surface area (Å²) in [7, 11) is 1.96. The molecule has 0 spiro atoms. The molecule has 0 amide bonds. The van der Waals surface area contributed by atoms with Crippen LogP contribution >= 0.6 is 0 Å². The van der Waals surface area contributed by atoms with Gasteiger partial charge in [-0.1, -0.05) is 12.1 Å².